The molecule has 4 rings (SSSR count). The number of amides is 3. The monoisotopic (exact) mass is 495 g/mol. The van der Waals surface area contributed by atoms with Gasteiger partial charge in [0.2, 0.25) is 0 Å². The number of hydrogen-bond acceptors (Lipinski definition) is 4. The van der Waals surface area contributed by atoms with Crippen LogP contribution in [0, 0.1) is 0 Å². The van der Waals surface area contributed by atoms with E-state index in [1.54, 1.807) is 13.2 Å². The molecule has 0 atom stereocenters. The fourth-order valence-corrected chi connectivity index (χ4v) is 6.62. The van der Waals surface area contributed by atoms with Gasteiger partial charge in [-0.05, 0) is 54.0 Å². The average Bonchev–Trinajstić information content (AvgIpc) is 3.26. The number of thioether (sulfide) groups is 1. The molecule has 0 radical (unpaired) electrons. The Bertz CT molecular complexity index is 1050. The zero-order valence-corrected chi connectivity index (χ0v) is 22.3. The number of piperidine rings is 1. The molecular formula is C28H37N3O3S. The summed E-state index contributed by atoms with van der Waals surface area (Å²) in [6, 6.07) is 13.6. The molecule has 0 aliphatic carbocycles. The van der Waals surface area contributed by atoms with Gasteiger partial charge >= 0.3 is 6.03 Å². The molecule has 2 aromatic rings. The Labute approximate surface area is 213 Å². The minimum atomic E-state index is -0.254. The summed E-state index contributed by atoms with van der Waals surface area (Å²) in [5.74, 6) is 2.28. The van der Waals surface area contributed by atoms with E-state index >= 15 is 0 Å². The number of methoxy groups -OCH3 is 1. The first-order chi connectivity index (χ1) is 16.8. The summed E-state index contributed by atoms with van der Waals surface area (Å²) < 4.78 is 5.31. The second-order valence-electron chi connectivity index (χ2n) is 10.0. The second kappa shape index (κ2) is 10.5. The van der Waals surface area contributed by atoms with Crippen LogP contribution < -0.4 is 10.1 Å². The van der Waals surface area contributed by atoms with E-state index in [0.717, 1.165) is 30.8 Å². The first kappa shape index (κ1) is 25.4. The molecule has 0 saturated carbocycles. The zero-order chi connectivity index (χ0) is 25.2. The number of ether oxygens (including phenoxy) is 1. The van der Waals surface area contributed by atoms with Crippen LogP contribution in [-0.4, -0.2) is 59.1 Å². The van der Waals surface area contributed by atoms with E-state index in [1.165, 1.54) is 11.1 Å². The summed E-state index contributed by atoms with van der Waals surface area (Å²) in [5.41, 5.74) is 3.93. The maximum atomic E-state index is 13.4. The minimum Gasteiger partial charge on any atom is -0.497 e. The second-order valence-corrected chi connectivity index (χ2v) is 11.5. The van der Waals surface area contributed by atoms with Gasteiger partial charge in [-0.1, -0.05) is 52.0 Å². The quantitative estimate of drug-likeness (QED) is 0.540. The molecule has 2 aliphatic rings. The summed E-state index contributed by atoms with van der Waals surface area (Å²) in [4.78, 5) is 30.4. The maximum Gasteiger partial charge on any atom is 0.321 e. The maximum absolute atomic E-state index is 13.4. The number of anilines is 1. The molecule has 2 aliphatic heterocycles. The van der Waals surface area contributed by atoms with E-state index in [0.29, 0.717) is 36.2 Å². The standard InChI is InChI=1S/C28H37N3O3S/c1-19(2)23-10-7-11-24(20(3)4)25(23)29-27(33)30-14-12-28(13-15-30)31(16-17-35-28)26(32)21-8-6-9-22(18-21)34-5/h6-11,18-20H,12-17H2,1-5H3,(H,29,33). The highest BCUT2D eigenvalue weighted by Crippen LogP contribution is 2.45. The third-order valence-electron chi connectivity index (χ3n) is 7.18. The molecule has 6 nitrogen and oxygen atoms in total. The third kappa shape index (κ3) is 5.15. The van der Waals surface area contributed by atoms with Gasteiger partial charge in [0.15, 0.2) is 0 Å². The predicted octanol–water partition coefficient (Wildman–Crippen LogP) is 6.16. The molecule has 1 spiro atoms. The highest BCUT2D eigenvalue weighted by atomic mass is 32.2. The van der Waals surface area contributed by atoms with Crippen molar-refractivity contribution in [3.8, 4) is 5.75 Å². The lowest BCUT2D eigenvalue weighted by molar-refractivity contribution is 0.0585. The van der Waals surface area contributed by atoms with Crippen molar-refractivity contribution in [1.29, 1.82) is 0 Å². The molecule has 2 heterocycles. The lowest BCUT2D eigenvalue weighted by atomic mass is 9.92. The fourth-order valence-electron chi connectivity index (χ4n) is 5.16. The Morgan fingerprint density at radius 1 is 0.971 bits per heavy atom. The van der Waals surface area contributed by atoms with Gasteiger partial charge in [0.05, 0.1) is 12.0 Å². The summed E-state index contributed by atoms with van der Waals surface area (Å²) in [6.07, 6.45) is 1.54. The summed E-state index contributed by atoms with van der Waals surface area (Å²) in [6.45, 7) is 10.6. The van der Waals surface area contributed by atoms with Gasteiger partial charge in [-0.2, -0.15) is 0 Å². The lowest BCUT2D eigenvalue weighted by Crippen LogP contribution is -2.54. The number of carbonyl (C=O) groups is 2. The number of urea groups is 1. The number of rotatable bonds is 5. The van der Waals surface area contributed by atoms with Crippen molar-refractivity contribution in [1.82, 2.24) is 9.80 Å². The molecule has 3 amide bonds. The van der Waals surface area contributed by atoms with E-state index in [2.05, 4.69) is 51.2 Å². The summed E-state index contributed by atoms with van der Waals surface area (Å²) >= 11 is 1.85. The van der Waals surface area contributed by atoms with Crippen LogP contribution in [0.2, 0.25) is 0 Å². The SMILES string of the molecule is COc1cccc(C(=O)N2CCSC23CCN(C(=O)Nc2c(C(C)C)cccc2C(C)C)CC3)c1. The van der Waals surface area contributed by atoms with Crippen LogP contribution in [0.15, 0.2) is 42.5 Å². The number of benzene rings is 2. The molecule has 188 valence electrons. The van der Waals surface area contributed by atoms with Crippen LogP contribution >= 0.6 is 11.8 Å². The fraction of sp³-hybridized carbons (Fsp3) is 0.500. The van der Waals surface area contributed by atoms with Gasteiger partial charge in [-0.15, -0.1) is 11.8 Å². The highest BCUT2D eigenvalue weighted by molar-refractivity contribution is 8.00. The third-order valence-corrected chi connectivity index (χ3v) is 8.73. The number of para-hydroxylation sites is 1. The van der Waals surface area contributed by atoms with E-state index in [9.17, 15) is 9.59 Å². The number of likely N-dealkylation sites (tertiary alicyclic amines) is 1. The van der Waals surface area contributed by atoms with Gasteiger partial charge in [0, 0.05) is 36.6 Å². The molecule has 0 aromatic heterocycles. The Morgan fingerprint density at radius 2 is 1.60 bits per heavy atom. The topological polar surface area (TPSA) is 61.9 Å². The number of hydrogen-bond donors (Lipinski definition) is 1. The largest absolute Gasteiger partial charge is 0.497 e. The zero-order valence-electron chi connectivity index (χ0n) is 21.5. The summed E-state index contributed by atoms with van der Waals surface area (Å²) in [5, 5.41) is 3.25. The summed E-state index contributed by atoms with van der Waals surface area (Å²) in [7, 11) is 1.61. The van der Waals surface area contributed by atoms with Crippen molar-refractivity contribution in [2.45, 2.75) is 57.2 Å². The Morgan fingerprint density at radius 3 is 2.20 bits per heavy atom. The first-order valence-electron chi connectivity index (χ1n) is 12.5. The molecule has 0 bridgehead atoms. The van der Waals surface area contributed by atoms with Crippen molar-refractivity contribution in [2.24, 2.45) is 0 Å². The first-order valence-corrected chi connectivity index (χ1v) is 13.5. The normalized spacial score (nSPS) is 17.3. The molecular weight excluding hydrogens is 458 g/mol. The number of carbonyl (C=O) groups excluding carboxylic acids is 2. The van der Waals surface area contributed by atoms with Gasteiger partial charge in [-0.25, -0.2) is 4.79 Å². The average molecular weight is 496 g/mol. The van der Waals surface area contributed by atoms with Crippen molar-refractivity contribution in [3.05, 3.63) is 59.2 Å². The van der Waals surface area contributed by atoms with Crippen LogP contribution in [-0.2, 0) is 0 Å². The molecule has 2 aromatic carbocycles. The van der Waals surface area contributed by atoms with Gasteiger partial charge in [-0.3, -0.25) is 4.79 Å². The minimum absolute atomic E-state index is 0.0410. The van der Waals surface area contributed by atoms with Crippen molar-refractivity contribution in [2.75, 3.05) is 37.8 Å². The van der Waals surface area contributed by atoms with Crippen LogP contribution in [0.3, 0.4) is 0 Å². The highest BCUT2D eigenvalue weighted by Gasteiger charge is 2.47. The Balaban J connectivity index is 1.47. The van der Waals surface area contributed by atoms with E-state index in [-0.39, 0.29) is 16.8 Å². The van der Waals surface area contributed by atoms with Crippen molar-refractivity contribution >= 4 is 29.4 Å². The lowest BCUT2D eigenvalue weighted by Gasteiger charge is -2.44. The predicted molar refractivity (Wildman–Crippen MR) is 144 cm³/mol. The smallest absolute Gasteiger partial charge is 0.321 e. The molecule has 2 fully saturated rings. The van der Waals surface area contributed by atoms with Crippen LogP contribution in [0.1, 0.15) is 73.9 Å². The molecule has 2 saturated heterocycles. The van der Waals surface area contributed by atoms with Crippen molar-refractivity contribution in [3.63, 3.8) is 0 Å². The molecule has 7 heteroatoms. The van der Waals surface area contributed by atoms with Crippen molar-refractivity contribution < 1.29 is 14.3 Å². The molecule has 1 N–H and O–H groups in total. The van der Waals surface area contributed by atoms with E-state index < -0.39 is 0 Å². The number of nitrogens with zero attached hydrogens (tertiary/aromatic N) is 2. The van der Waals surface area contributed by atoms with E-state index in [4.69, 9.17) is 4.74 Å². The number of nitrogens with one attached hydrogen (secondary N) is 1. The van der Waals surface area contributed by atoms with Crippen LogP contribution in [0.25, 0.3) is 0 Å². The Kier molecular flexibility index (Phi) is 7.64. The molecule has 0 unspecified atom stereocenters. The van der Waals surface area contributed by atoms with E-state index in [1.807, 2.05) is 39.8 Å². The Hall–Kier alpha value is -2.67. The van der Waals surface area contributed by atoms with Crippen LogP contribution in [0.4, 0.5) is 10.5 Å². The van der Waals surface area contributed by atoms with Gasteiger partial charge in [0.1, 0.15) is 5.75 Å². The van der Waals surface area contributed by atoms with Gasteiger partial charge < -0.3 is 19.9 Å². The van der Waals surface area contributed by atoms with Crippen LogP contribution in [0.5, 0.6) is 5.75 Å². The van der Waals surface area contributed by atoms with Gasteiger partial charge in [0.25, 0.3) is 5.91 Å². The molecule has 35 heavy (non-hydrogen) atoms.